The molecular formula is C12H21N3O3. The van der Waals surface area contributed by atoms with Gasteiger partial charge < -0.3 is 4.90 Å². The van der Waals surface area contributed by atoms with Crippen LogP contribution in [0.5, 0.6) is 0 Å². The second kappa shape index (κ2) is 6.49. The SMILES string of the molecule is CN(C)CCCCCCN1C(=O)C(=O)N(C)C1=O. The predicted molar refractivity (Wildman–Crippen MR) is 66.9 cm³/mol. The number of rotatable bonds is 7. The number of imide groups is 2. The Balaban J connectivity index is 2.22. The molecule has 1 fully saturated rings. The summed E-state index contributed by atoms with van der Waals surface area (Å²) in [6.07, 6.45) is 3.89. The molecule has 1 aliphatic rings. The number of amides is 4. The molecule has 0 radical (unpaired) electrons. The minimum atomic E-state index is -0.729. The molecular weight excluding hydrogens is 234 g/mol. The molecule has 0 unspecified atom stereocenters. The van der Waals surface area contributed by atoms with E-state index in [1.165, 1.54) is 7.05 Å². The number of carbonyl (C=O) groups excluding carboxylic acids is 3. The van der Waals surface area contributed by atoms with E-state index in [0.717, 1.165) is 42.0 Å². The van der Waals surface area contributed by atoms with Crippen LogP contribution in [0.15, 0.2) is 0 Å². The van der Waals surface area contributed by atoms with Gasteiger partial charge in [0, 0.05) is 13.6 Å². The highest BCUT2D eigenvalue weighted by Gasteiger charge is 2.41. The molecule has 0 aromatic carbocycles. The van der Waals surface area contributed by atoms with Crippen molar-refractivity contribution in [2.24, 2.45) is 0 Å². The first kappa shape index (κ1) is 14.6. The molecule has 1 saturated heterocycles. The predicted octanol–water partition coefficient (Wildman–Crippen LogP) is 0.529. The molecule has 0 N–H and O–H groups in total. The van der Waals surface area contributed by atoms with Gasteiger partial charge in [-0.15, -0.1) is 0 Å². The van der Waals surface area contributed by atoms with Gasteiger partial charge in [-0.05, 0) is 33.5 Å². The lowest BCUT2D eigenvalue weighted by Gasteiger charge is -2.13. The van der Waals surface area contributed by atoms with Gasteiger partial charge in [0.05, 0.1) is 0 Å². The molecule has 4 amide bonds. The van der Waals surface area contributed by atoms with Crippen LogP contribution in [-0.4, -0.2) is 66.8 Å². The third-order valence-corrected chi connectivity index (χ3v) is 2.99. The summed E-state index contributed by atoms with van der Waals surface area (Å²) in [6, 6.07) is -0.502. The van der Waals surface area contributed by atoms with E-state index in [0.29, 0.717) is 6.54 Å². The monoisotopic (exact) mass is 255 g/mol. The van der Waals surface area contributed by atoms with Crippen molar-refractivity contribution in [3.8, 4) is 0 Å². The van der Waals surface area contributed by atoms with Crippen LogP contribution in [0.3, 0.4) is 0 Å². The van der Waals surface area contributed by atoms with E-state index in [4.69, 9.17) is 0 Å². The minimum Gasteiger partial charge on any atom is -0.309 e. The van der Waals surface area contributed by atoms with Gasteiger partial charge >= 0.3 is 17.8 Å². The Bertz CT molecular complexity index is 341. The summed E-state index contributed by atoms with van der Waals surface area (Å²) < 4.78 is 0. The van der Waals surface area contributed by atoms with E-state index in [2.05, 4.69) is 4.90 Å². The standard InChI is InChI=1S/C12H21N3O3/c1-13(2)8-6-4-5-7-9-15-11(17)10(16)14(3)12(15)18/h4-9H2,1-3H3. The average Bonchev–Trinajstić information content (AvgIpc) is 2.50. The smallest absolute Gasteiger partial charge is 0.309 e. The van der Waals surface area contributed by atoms with Crippen LogP contribution in [0.1, 0.15) is 25.7 Å². The van der Waals surface area contributed by atoms with Crippen molar-refractivity contribution < 1.29 is 14.4 Å². The summed E-state index contributed by atoms with van der Waals surface area (Å²) in [4.78, 5) is 38.3. The van der Waals surface area contributed by atoms with Gasteiger partial charge in [0.15, 0.2) is 0 Å². The first-order chi connectivity index (χ1) is 8.45. The number of hydrogen-bond acceptors (Lipinski definition) is 4. The Morgan fingerprint density at radius 3 is 2.06 bits per heavy atom. The van der Waals surface area contributed by atoms with Crippen molar-refractivity contribution in [3.63, 3.8) is 0 Å². The van der Waals surface area contributed by atoms with Crippen molar-refractivity contribution in [2.75, 3.05) is 34.2 Å². The maximum Gasteiger partial charge on any atom is 0.333 e. The second-order valence-electron chi connectivity index (χ2n) is 4.82. The first-order valence-corrected chi connectivity index (χ1v) is 6.23. The lowest BCUT2D eigenvalue weighted by atomic mass is 10.2. The third-order valence-electron chi connectivity index (χ3n) is 2.99. The van der Waals surface area contributed by atoms with Gasteiger partial charge in [-0.2, -0.15) is 0 Å². The molecule has 0 bridgehead atoms. The van der Waals surface area contributed by atoms with Crippen molar-refractivity contribution >= 4 is 17.8 Å². The number of hydrogen-bond donors (Lipinski definition) is 0. The van der Waals surface area contributed by atoms with E-state index >= 15 is 0 Å². The van der Waals surface area contributed by atoms with Crippen LogP contribution in [0.2, 0.25) is 0 Å². The van der Waals surface area contributed by atoms with Crippen LogP contribution in [0, 0.1) is 0 Å². The zero-order valence-corrected chi connectivity index (χ0v) is 11.3. The molecule has 1 aliphatic heterocycles. The van der Waals surface area contributed by atoms with Gasteiger partial charge in [-0.3, -0.25) is 19.4 Å². The molecule has 18 heavy (non-hydrogen) atoms. The van der Waals surface area contributed by atoms with Crippen LogP contribution in [0.4, 0.5) is 4.79 Å². The van der Waals surface area contributed by atoms with Crippen molar-refractivity contribution in [1.82, 2.24) is 14.7 Å². The fraction of sp³-hybridized carbons (Fsp3) is 0.750. The Morgan fingerprint density at radius 1 is 0.944 bits per heavy atom. The minimum absolute atomic E-state index is 0.343. The lowest BCUT2D eigenvalue weighted by Crippen LogP contribution is -2.32. The van der Waals surface area contributed by atoms with Gasteiger partial charge in [0.25, 0.3) is 0 Å². The third kappa shape index (κ3) is 3.53. The summed E-state index contributed by atoms with van der Waals surface area (Å²) in [6.45, 7) is 1.39. The lowest BCUT2D eigenvalue weighted by molar-refractivity contribution is -0.142. The first-order valence-electron chi connectivity index (χ1n) is 6.23. The molecule has 1 rings (SSSR count). The van der Waals surface area contributed by atoms with E-state index in [-0.39, 0.29) is 0 Å². The summed E-state index contributed by atoms with van der Waals surface area (Å²) >= 11 is 0. The molecule has 0 spiro atoms. The number of urea groups is 1. The van der Waals surface area contributed by atoms with Crippen molar-refractivity contribution in [1.29, 1.82) is 0 Å². The van der Waals surface area contributed by atoms with E-state index in [9.17, 15) is 14.4 Å². The summed E-state index contributed by atoms with van der Waals surface area (Å²) in [7, 11) is 5.39. The normalized spacial score (nSPS) is 16.3. The maximum absolute atomic E-state index is 11.5. The molecule has 6 heteroatoms. The van der Waals surface area contributed by atoms with Crippen molar-refractivity contribution in [2.45, 2.75) is 25.7 Å². The van der Waals surface area contributed by atoms with Gasteiger partial charge in [0.1, 0.15) is 0 Å². The Morgan fingerprint density at radius 2 is 1.56 bits per heavy atom. The van der Waals surface area contributed by atoms with Crippen molar-refractivity contribution in [3.05, 3.63) is 0 Å². The van der Waals surface area contributed by atoms with Gasteiger partial charge in [-0.1, -0.05) is 12.8 Å². The van der Waals surface area contributed by atoms with Gasteiger partial charge in [-0.25, -0.2) is 4.79 Å². The number of carbonyl (C=O) groups is 3. The number of nitrogens with zero attached hydrogens (tertiary/aromatic N) is 3. The Hall–Kier alpha value is -1.43. The number of likely N-dealkylation sites (N-methyl/N-ethyl adjacent to an activating group) is 1. The largest absolute Gasteiger partial charge is 0.333 e. The zero-order valence-electron chi connectivity index (χ0n) is 11.3. The average molecular weight is 255 g/mol. The topological polar surface area (TPSA) is 60.9 Å². The van der Waals surface area contributed by atoms with Crippen LogP contribution in [0.25, 0.3) is 0 Å². The molecule has 102 valence electrons. The number of unbranched alkanes of at least 4 members (excludes halogenated alkanes) is 3. The van der Waals surface area contributed by atoms with Crippen LogP contribution < -0.4 is 0 Å². The highest BCUT2D eigenvalue weighted by atomic mass is 16.2. The van der Waals surface area contributed by atoms with Gasteiger partial charge in [0.2, 0.25) is 0 Å². The molecule has 1 heterocycles. The summed E-state index contributed by atoms with van der Waals surface area (Å²) in [5.74, 6) is -1.43. The highest BCUT2D eigenvalue weighted by molar-refractivity contribution is 6.44. The van der Waals surface area contributed by atoms with Crippen LogP contribution >= 0.6 is 0 Å². The molecule has 6 nitrogen and oxygen atoms in total. The fourth-order valence-corrected chi connectivity index (χ4v) is 1.86. The Labute approximate surface area is 108 Å². The maximum atomic E-state index is 11.5. The molecule has 0 atom stereocenters. The van der Waals surface area contributed by atoms with Crippen LogP contribution in [-0.2, 0) is 9.59 Å². The fourth-order valence-electron chi connectivity index (χ4n) is 1.86. The molecule has 0 aromatic rings. The highest BCUT2D eigenvalue weighted by Crippen LogP contribution is 2.11. The zero-order chi connectivity index (χ0) is 13.7. The summed E-state index contributed by atoms with van der Waals surface area (Å²) in [5.41, 5.74) is 0. The summed E-state index contributed by atoms with van der Waals surface area (Å²) in [5, 5.41) is 0. The van der Waals surface area contributed by atoms with E-state index in [1.807, 2.05) is 14.1 Å². The van der Waals surface area contributed by atoms with E-state index in [1.54, 1.807) is 0 Å². The second-order valence-corrected chi connectivity index (χ2v) is 4.82. The molecule has 0 aromatic heterocycles. The van der Waals surface area contributed by atoms with E-state index < -0.39 is 17.8 Å². The Kier molecular flexibility index (Phi) is 5.27. The quantitative estimate of drug-likeness (QED) is 0.378. The molecule has 0 saturated carbocycles. The molecule has 0 aliphatic carbocycles.